The molecule has 17 heavy (non-hydrogen) atoms. The monoisotopic (exact) mass is 296 g/mol. The lowest BCUT2D eigenvalue weighted by Crippen LogP contribution is -2.47. The summed E-state index contributed by atoms with van der Waals surface area (Å²) in [5.41, 5.74) is 1.61. The Morgan fingerprint density at radius 2 is 2.18 bits per heavy atom. The molecule has 0 saturated heterocycles. The fourth-order valence-corrected chi connectivity index (χ4v) is 3.04. The number of amides is 1. The molecule has 0 atom stereocenters. The van der Waals surface area contributed by atoms with E-state index in [2.05, 4.69) is 26.2 Å². The van der Waals surface area contributed by atoms with Gasteiger partial charge in [-0.25, -0.2) is 0 Å². The summed E-state index contributed by atoms with van der Waals surface area (Å²) in [4.78, 5) is 16.2. The van der Waals surface area contributed by atoms with Crippen molar-refractivity contribution in [3.8, 4) is 0 Å². The van der Waals surface area contributed by atoms with Crippen molar-refractivity contribution >= 4 is 21.8 Å². The molecule has 0 aromatic carbocycles. The summed E-state index contributed by atoms with van der Waals surface area (Å²) in [6, 6.07) is 1.87. The van der Waals surface area contributed by atoms with Gasteiger partial charge in [-0.2, -0.15) is 0 Å². The molecule has 0 aliphatic heterocycles. The number of carbonyl (C=O) groups is 1. The topological polar surface area (TPSA) is 42.0 Å². The van der Waals surface area contributed by atoms with E-state index >= 15 is 0 Å². The predicted molar refractivity (Wildman–Crippen MR) is 71.4 cm³/mol. The number of nitrogens with one attached hydrogen (secondary N) is 1. The number of hydrogen-bond acceptors (Lipinski definition) is 2. The van der Waals surface area contributed by atoms with Gasteiger partial charge in [-0.1, -0.05) is 28.8 Å². The average Bonchev–Trinajstić information content (AvgIpc) is 2.78. The Kier molecular flexibility index (Phi) is 3.82. The third kappa shape index (κ3) is 2.86. The van der Waals surface area contributed by atoms with Gasteiger partial charge in [0.15, 0.2) is 0 Å². The van der Waals surface area contributed by atoms with Gasteiger partial charge in [0, 0.05) is 17.7 Å². The normalized spacial score (nSPS) is 18.0. The lowest BCUT2D eigenvalue weighted by molar-refractivity contribution is 0.0910. The Hall–Kier alpha value is -0.900. The van der Waals surface area contributed by atoms with Crippen LogP contribution in [0.1, 0.15) is 41.6 Å². The molecule has 1 aromatic heterocycles. The molecule has 1 saturated carbocycles. The number of nitrogens with zero attached hydrogens (tertiary/aromatic N) is 1. The second-order valence-electron chi connectivity index (χ2n) is 4.83. The number of hydrogen-bond donors (Lipinski definition) is 1. The van der Waals surface area contributed by atoms with Gasteiger partial charge in [-0.3, -0.25) is 9.78 Å². The molecule has 1 aliphatic carbocycles. The number of pyridine rings is 1. The molecule has 1 aromatic rings. The third-order valence-electron chi connectivity index (χ3n) is 3.33. The van der Waals surface area contributed by atoms with E-state index in [1.54, 1.807) is 12.4 Å². The highest BCUT2D eigenvalue weighted by Crippen LogP contribution is 2.31. The minimum Gasteiger partial charge on any atom is -0.346 e. The van der Waals surface area contributed by atoms with Crippen molar-refractivity contribution in [3.05, 3.63) is 29.6 Å². The highest BCUT2D eigenvalue weighted by Gasteiger charge is 2.34. The quantitative estimate of drug-likeness (QED) is 0.872. The van der Waals surface area contributed by atoms with Crippen molar-refractivity contribution in [2.24, 2.45) is 0 Å². The first-order valence-electron chi connectivity index (χ1n) is 5.95. The minimum absolute atomic E-state index is 0.0115. The molecular weight excluding hydrogens is 280 g/mol. The number of alkyl halides is 1. The molecule has 0 radical (unpaired) electrons. The van der Waals surface area contributed by atoms with E-state index in [0.717, 1.165) is 23.7 Å². The lowest BCUT2D eigenvalue weighted by Gasteiger charge is -2.28. The molecule has 0 spiro atoms. The number of rotatable bonds is 3. The standard InChI is InChI=1S/C13H17BrN2O/c1-10-6-11(8-15-7-10)12(17)16-13(9-14)4-2-3-5-13/h6-8H,2-5,9H2,1H3,(H,16,17). The Morgan fingerprint density at radius 3 is 2.76 bits per heavy atom. The van der Waals surface area contributed by atoms with Crippen LogP contribution in [0.15, 0.2) is 18.5 Å². The SMILES string of the molecule is Cc1cncc(C(=O)NC2(CBr)CCCC2)c1. The van der Waals surface area contributed by atoms with Crippen LogP contribution in [0.2, 0.25) is 0 Å². The summed E-state index contributed by atoms with van der Waals surface area (Å²) in [6.07, 6.45) is 7.88. The van der Waals surface area contributed by atoms with Gasteiger partial charge in [0.25, 0.3) is 5.91 Å². The maximum Gasteiger partial charge on any atom is 0.253 e. The van der Waals surface area contributed by atoms with Crippen molar-refractivity contribution in [1.29, 1.82) is 0 Å². The second kappa shape index (κ2) is 5.17. The van der Waals surface area contributed by atoms with E-state index in [1.165, 1.54) is 12.8 Å². The van der Waals surface area contributed by atoms with E-state index in [9.17, 15) is 4.79 Å². The van der Waals surface area contributed by atoms with Crippen LogP contribution in [0.25, 0.3) is 0 Å². The van der Waals surface area contributed by atoms with E-state index < -0.39 is 0 Å². The van der Waals surface area contributed by atoms with Crippen molar-refractivity contribution in [3.63, 3.8) is 0 Å². The van der Waals surface area contributed by atoms with Crippen LogP contribution in [0.4, 0.5) is 0 Å². The minimum atomic E-state index is -0.0547. The van der Waals surface area contributed by atoms with Crippen molar-refractivity contribution in [1.82, 2.24) is 10.3 Å². The molecule has 0 bridgehead atoms. The first kappa shape index (κ1) is 12.6. The first-order chi connectivity index (χ1) is 8.15. The van der Waals surface area contributed by atoms with E-state index in [0.29, 0.717) is 5.56 Å². The zero-order valence-electron chi connectivity index (χ0n) is 10.0. The molecule has 3 nitrogen and oxygen atoms in total. The van der Waals surface area contributed by atoms with Crippen molar-refractivity contribution in [2.45, 2.75) is 38.1 Å². The maximum absolute atomic E-state index is 12.1. The lowest BCUT2D eigenvalue weighted by atomic mass is 10.00. The summed E-state index contributed by atoms with van der Waals surface area (Å²) in [5.74, 6) is -0.0115. The van der Waals surface area contributed by atoms with Crippen LogP contribution < -0.4 is 5.32 Å². The fourth-order valence-electron chi connectivity index (χ4n) is 2.34. The zero-order valence-corrected chi connectivity index (χ0v) is 11.6. The highest BCUT2D eigenvalue weighted by atomic mass is 79.9. The molecule has 1 aliphatic rings. The molecule has 92 valence electrons. The number of aromatic nitrogens is 1. The van der Waals surface area contributed by atoms with E-state index in [-0.39, 0.29) is 11.4 Å². The van der Waals surface area contributed by atoms with Crippen LogP contribution in [0.3, 0.4) is 0 Å². The van der Waals surface area contributed by atoms with Crippen LogP contribution in [-0.4, -0.2) is 21.8 Å². The van der Waals surface area contributed by atoms with Crippen molar-refractivity contribution < 1.29 is 4.79 Å². The van der Waals surface area contributed by atoms with Crippen LogP contribution in [-0.2, 0) is 0 Å². The summed E-state index contributed by atoms with van der Waals surface area (Å²) in [5, 5.41) is 3.98. The van der Waals surface area contributed by atoms with Crippen LogP contribution in [0.5, 0.6) is 0 Å². The number of halogens is 1. The second-order valence-corrected chi connectivity index (χ2v) is 5.39. The molecule has 1 N–H and O–H groups in total. The zero-order chi connectivity index (χ0) is 12.3. The Bertz CT molecular complexity index is 414. The third-order valence-corrected chi connectivity index (χ3v) is 4.41. The highest BCUT2D eigenvalue weighted by molar-refractivity contribution is 9.09. The molecule has 4 heteroatoms. The Morgan fingerprint density at radius 1 is 1.47 bits per heavy atom. The molecule has 1 heterocycles. The van der Waals surface area contributed by atoms with Crippen LogP contribution >= 0.6 is 15.9 Å². The molecule has 1 fully saturated rings. The molecule has 2 rings (SSSR count). The van der Waals surface area contributed by atoms with Gasteiger partial charge in [-0.15, -0.1) is 0 Å². The Balaban J connectivity index is 2.11. The van der Waals surface area contributed by atoms with Gasteiger partial charge >= 0.3 is 0 Å². The number of aryl methyl sites for hydroxylation is 1. The van der Waals surface area contributed by atoms with Gasteiger partial charge < -0.3 is 5.32 Å². The molecular formula is C13H17BrN2O. The summed E-state index contributed by atoms with van der Waals surface area (Å²) < 4.78 is 0. The number of carbonyl (C=O) groups excluding carboxylic acids is 1. The summed E-state index contributed by atoms with van der Waals surface area (Å²) in [6.45, 7) is 1.94. The smallest absolute Gasteiger partial charge is 0.253 e. The average molecular weight is 297 g/mol. The predicted octanol–water partition coefficient (Wildman–Crippen LogP) is 2.83. The maximum atomic E-state index is 12.1. The van der Waals surface area contributed by atoms with Crippen molar-refractivity contribution in [2.75, 3.05) is 5.33 Å². The molecule has 1 amide bonds. The van der Waals surface area contributed by atoms with Gasteiger partial charge in [-0.05, 0) is 31.4 Å². The van der Waals surface area contributed by atoms with Gasteiger partial charge in [0.1, 0.15) is 0 Å². The van der Waals surface area contributed by atoms with Crippen LogP contribution in [0, 0.1) is 6.92 Å². The van der Waals surface area contributed by atoms with Gasteiger partial charge in [0.2, 0.25) is 0 Å². The summed E-state index contributed by atoms with van der Waals surface area (Å²) >= 11 is 3.52. The van der Waals surface area contributed by atoms with E-state index in [1.807, 2.05) is 13.0 Å². The largest absolute Gasteiger partial charge is 0.346 e. The summed E-state index contributed by atoms with van der Waals surface area (Å²) in [7, 11) is 0. The Labute approximate surface area is 110 Å². The molecule has 0 unspecified atom stereocenters. The first-order valence-corrected chi connectivity index (χ1v) is 7.07. The van der Waals surface area contributed by atoms with Gasteiger partial charge in [0.05, 0.1) is 11.1 Å². The van der Waals surface area contributed by atoms with E-state index in [4.69, 9.17) is 0 Å². The fraction of sp³-hybridized carbons (Fsp3) is 0.538.